The summed E-state index contributed by atoms with van der Waals surface area (Å²) in [5, 5.41) is 0. The van der Waals surface area contributed by atoms with Gasteiger partial charge in [-0.3, -0.25) is 0 Å². The van der Waals surface area contributed by atoms with Gasteiger partial charge in [0.1, 0.15) is 0 Å². The third-order valence-electron chi connectivity index (χ3n) is 1.97. The summed E-state index contributed by atoms with van der Waals surface area (Å²) in [6.07, 6.45) is 0. The van der Waals surface area contributed by atoms with Crippen LogP contribution in [0.5, 0.6) is 0 Å². The van der Waals surface area contributed by atoms with Crippen LogP contribution in [0.3, 0.4) is 0 Å². The molecule has 0 saturated carbocycles. The molecular weight excluding hydrogens is 208 g/mol. The van der Waals surface area contributed by atoms with Crippen LogP contribution in [0.15, 0.2) is 58.3 Å². The second-order valence-electron chi connectivity index (χ2n) is 2.97. The van der Waals surface area contributed by atoms with Crippen LogP contribution in [0.25, 0.3) is 0 Å². The summed E-state index contributed by atoms with van der Waals surface area (Å²) in [5.74, 6) is 0. The molecule has 0 aliphatic carbocycles. The molecule has 0 atom stereocenters. The van der Waals surface area contributed by atoms with Gasteiger partial charge in [-0.1, -0.05) is 30.3 Å². The van der Waals surface area contributed by atoms with Crippen LogP contribution in [0, 0.1) is 12.1 Å². The minimum atomic E-state index is -3.41. The molecule has 2 rings (SSSR count). The van der Waals surface area contributed by atoms with E-state index in [9.17, 15) is 8.42 Å². The van der Waals surface area contributed by atoms with Gasteiger partial charge >= 0.3 is 0 Å². The zero-order chi connectivity index (χ0) is 10.7. The quantitative estimate of drug-likeness (QED) is 0.770. The van der Waals surface area contributed by atoms with Crippen molar-refractivity contribution in [3.8, 4) is 0 Å². The first-order chi connectivity index (χ1) is 7.21. The fourth-order valence-corrected chi connectivity index (χ4v) is 2.45. The maximum absolute atomic E-state index is 12.0. The molecule has 0 aromatic heterocycles. The summed E-state index contributed by atoms with van der Waals surface area (Å²) in [6.45, 7) is 0. The van der Waals surface area contributed by atoms with E-state index in [0.29, 0.717) is 0 Å². The average molecular weight is 216 g/mol. The molecular formula is C12H8O2S. The average Bonchev–Trinajstić information content (AvgIpc) is 2.31. The maximum Gasteiger partial charge on any atom is 0.207 e. The van der Waals surface area contributed by atoms with Gasteiger partial charge in [-0.25, -0.2) is 8.42 Å². The van der Waals surface area contributed by atoms with E-state index in [1.807, 2.05) is 0 Å². The monoisotopic (exact) mass is 216 g/mol. The highest BCUT2D eigenvalue weighted by Gasteiger charge is 2.16. The van der Waals surface area contributed by atoms with Crippen LogP contribution >= 0.6 is 0 Å². The van der Waals surface area contributed by atoms with Gasteiger partial charge < -0.3 is 0 Å². The molecule has 74 valence electrons. The molecule has 15 heavy (non-hydrogen) atoms. The van der Waals surface area contributed by atoms with E-state index in [1.54, 1.807) is 30.3 Å². The van der Waals surface area contributed by atoms with Crippen molar-refractivity contribution in [2.45, 2.75) is 9.79 Å². The van der Waals surface area contributed by atoms with Crippen LogP contribution in [0.4, 0.5) is 0 Å². The van der Waals surface area contributed by atoms with Crippen molar-refractivity contribution < 1.29 is 8.42 Å². The Bertz CT molecular complexity index is 485. The SMILES string of the molecule is O=S(=O)(c1[c]cccc1)c1cc[c]cc1. The molecule has 0 aliphatic rings. The van der Waals surface area contributed by atoms with Crippen LogP contribution in [-0.2, 0) is 9.84 Å². The Morgan fingerprint density at radius 3 is 2.27 bits per heavy atom. The second-order valence-corrected chi connectivity index (χ2v) is 4.88. The van der Waals surface area contributed by atoms with E-state index in [1.165, 1.54) is 18.2 Å². The van der Waals surface area contributed by atoms with Crippen LogP contribution in [0.2, 0.25) is 0 Å². The summed E-state index contributed by atoms with van der Waals surface area (Å²) in [7, 11) is -3.41. The van der Waals surface area contributed by atoms with E-state index in [2.05, 4.69) is 12.1 Å². The lowest BCUT2D eigenvalue weighted by molar-refractivity contribution is 0.596. The smallest absolute Gasteiger partial charge is 0.207 e. The Labute approximate surface area is 89.1 Å². The molecule has 0 heterocycles. The third kappa shape index (κ3) is 1.92. The first-order valence-electron chi connectivity index (χ1n) is 4.39. The fraction of sp³-hybridized carbons (Fsp3) is 0. The lowest BCUT2D eigenvalue weighted by atomic mass is 10.4. The topological polar surface area (TPSA) is 34.1 Å². The zero-order valence-electron chi connectivity index (χ0n) is 7.84. The molecule has 3 heteroatoms. The lowest BCUT2D eigenvalue weighted by Gasteiger charge is -2.02. The van der Waals surface area contributed by atoms with Crippen molar-refractivity contribution in [3.05, 3.63) is 60.7 Å². The summed E-state index contributed by atoms with van der Waals surface area (Å²) in [4.78, 5) is 0.458. The Hall–Kier alpha value is -1.61. The highest BCUT2D eigenvalue weighted by molar-refractivity contribution is 7.91. The lowest BCUT2D eigenvalue weighted by Crippen LogP contribution is -2.01. The molecule has 0 amide bonds. The fourth-order valence-electron chi connectivity index (χ4n) is 1.22. The predicted octanol–water partition coefficient (Wildman–Crippen LogP) is 2.12. The first kappa shape index (κ1) is 9.93. The van der Waals surface area contributed by atoms with E-state index in [-0.39, 0.29) is 9.79 Å². The van der Waals surface area contributed by atoms with E-state index in [0.717, 1.165) is 0 Å². The zero-order valence-corrected chi connectivity index (χ0v) is 8.66. The third-order valence-corrected chi connectivity index (χ3v) is 3.69. The van der Waals surface area contributed by atoms with E-state index < -0.39 is 9.84 Å². The minimum absolute atomic E-state index is 0.191. The standard InChI is InChI=1S/C12H8O2S/c13-15(14,11-7-3-1-4-8-11)12-9-5-2-6-10-12/h1,3-7,9-10H. The van der Waals surface area contributed by atoms with Gasteiger partial charge in [0.2, 0.25) is 9.84 Å². The summed E-state index contributed by atoms with van der Waals surface area (Å²) in [6, 6.07) is 18.2. The summed E-state index contributed by atoms with van der Waals surface area (Å²) in [5.41, 5.74) is 0. The molecule has 0 fully saturated rings. The predicted molar refractivity (Wildman–Crippen MR) is 56.0 cm³/mol. The van der Waals surface area contributed by atoms with Crippen molar-refractivity contribution in [3.63, 3.8) is 0 Å². The molecule has 0 bridgehead atoms. The van der Waals surface area contributed by atoms with Crippen molar-refractivity contribution in [1.29, 1.82) is 0 Å². The Morgan fingerprint density at radius 1 is 0.933 bits per heavy atom. The number of hydrogen-bond acceptors (Lipinski definition) is 2. The Balaban J connectivity index is 2.55. The van der Waals surface area contributed by atoms with Gasteiger partial charge in [-0.2, -0.15) is 0 Å². The van der Waals surface area contributed by atoms with Crippen LogP contribution in [-0.4, -0.2) is 8.42 Å². The van der Waals surface area contributed by atoms with Gasteiger partial charge in [-0.15, -0.1) is 0 Å². The molecule has 2 nitrogen and oxygen atoms in total. The molecule has 0 N–H and O–H groups in total. The second kappa shape index (κ2) is 3.87. The van der Waals surface area contributed by atoms with Gasteiger partial charge in [0, 0.05) is 6.07 Å². The van der Waals surface area contributed by atoms with Gasteiger partial charge in [0.25, 0.3) is 0 Å². The van der Waals surface area contributed by atoms with Crippen LogP contribution in [0.1, 0.15) is 0 Å². The van der Waals surface area contributed by atoms with Gasteiger partial charge in [0.05, 0.1) is 9.79 Å². The van der Waals surface area contributed by atoms with Crippen molar-refractivity contribution in [2.24, 2.45) is 0 Å². The highest BCUT2D eigenvalue weighted by Crippen LogP contribution is 2.18. The normalized spacial score (nSPS) is 11.2. The number of sulfone groups is 1. The molecule has 0 unspecified atom stereocenters. The van der Waals surface area contributed by atoms with Gasteiger partial charge in [-0.05, 0) is 24.3 Å². The molecule has 2 aromatic carbocycles. The van der Waals surface area contributed by atoms with Crippen molar-refractivity contribution in [1.82, 2.24) is 0 Å². The van der Waals surface area contributed by atoms with Crippen LogP contribution < -0.4 is 0 Å². The molecule has 2 radical (unpaired) electrons. The Morgan fingerprint density at radius 2 is 1.67 bits per heavy atom. The largest absolute Gasteiger partial charge is 0.218 e. The minimum Gasteiger partial charge on any atom is -0.218 e. The van der Waals surface area contributed by atoms with Crippen molar-refractivity contribution >= 4 is 9.84 Å². The van der Waals surface area contributed by atoms with Crippen molar-refractivity contribution in [2.75, 3.05) is 0 Å². The molecule has 0 saturated heterocycles. The molecule has 2 aromatic rings. The molecule has 0 spiro atoms. The number of benzene rings is 2. The van der Waals surface area contributed by atoms with E-state index >= 15 is 0 Å². The summed E-state index contributed by atoms with van der Waals surface area (Å²) < 4.78 is 24.0. The Kier molecular flexibility index (Phi) is 2.56. The van der Waals surface area contributed by atoms with E-state index in [4.69, 9.17) is 0 Å². The maximum atomic E-state index is 12.0. The molecule has 0 aliphatic heterocycles. The highest BCUT2D eigenvalue weighted by atomic mass is 32.2. The first-order valence-corrected chi connectivity index (χ1v) is 5.87. The number of hydrogen-bond donors (Lipinski definition) is 0. The summed E-state index contributed by atoms with van der Waals surface area (Å²) >= 11 is 0. The number of rotatable bonds is 2. The van der Waals surface area contributed by atoms with Gasteiger partial charge in [0.15, 0.2) is 0 Å².